The maximum Gasteiger partial charge on any atom is 0.325 e. The molecule has 0 aromatic carbocycles. The SMILES string of the molecule is SCCOc1nc(OCCS)nc(OCCS)n1. The molecule has 9 heteroatoms. The molecule has 0 radical (unpaired) electrons. The zero-order chi connectivity index (χ0) is 13.2. The Kier molecular flexibility index (Phi) is 8.10. The van der Waals surface area contributed by atoms with Crippen LogP contribution in [0.25, 0.3) is 0 Å². The Hall–Kier alpha value is -0.540. The van der Waals surface area contributed by atoms with Crippen LogP contribution in [0.2, 0.25) is 0 Å². The van der Waals surface area contributed by atoms with E-state index in [4.69, 9.17) is 14.2 Å². The van der Waals surface area contributed by atoms with Gasteiger partial charge in [0.1, 0.15) is 19.8 Å². The van der Waals surface area contributed by atoms with Crippen molar-refractivity contribution in [3.63, 3.8) is 0 Å². The molecule has 102 valence electrons. The molecule has 1 aromatic rings. The second-order valence-corrected chi connectivity index (χ2v) is 4.24. The normalized spacial score (nSPS) is 10.2. The Morgan fingerprint density at radius 2 is 0.889 bits per heavy atom. The molecule has 6 nitrogen and oxygen atoms in total. The molecule has 1 heterocycles. The number of rotatable bonds is 9. The summed E-state index contributed by atoms with van der Waals surface area (Å²) in [5.41, 5.74) is 0. The molecule has 1 rings (SSSR count). The lowest BCUT2D eigenvalue weighted by atomic mass is 10.8. The molecular weight excluding hydrogens is 294 g/mol. The van der Waals surface area contributed by atoms with Gasteiger partial charge < -0.3 is 14.2 Å². The van der Waals surface area contributed by atoms with Crippen LogP contribution in [-0.2, 0) is 0 Å². The van der Waals surface area contributed by atoms with E-state index in [1.807, 2.05) is 0 Å². The lowest BCUT2D eigenvalue weighted by Crippen LogP contribution is -2.10. The van der Waals surface area contributed by atoms with Gasteiger partial charge in [0.2, 0.25) is 0 Å². The molecule has 0 bridgehead atoms. The number of hydrogen-bond donors (Lipinski definition) is 3. The van der Waals surface area contributed by atoms with Crippen molar-refractivity contribution in [1.82, 2.24) is 15.0 Å². The maximum absolute atomic E-state index is 5.26. The van der Waals surface area contributed by atoms with Crippen LogP contribution in [0, 0.1) is 0 Å². The van der Waals surface area contributed by atoms with E-state index in [-0.39, 0.29) is 18.0 Å². The summed E-state index contributed by atoms with van der Waals surface area (Å²) in [6, 6.07) is 0.465. The summed E-state index contributed by atoms with van der Waals surface area (Å²) in [7, 11) is 0. The van der Waals surface area contributed by atoms with Crippen LogP contribution in [0.5, 0.6) is 18.0 Å². The van der Waals surface area contributed by atoms with Gasteiger partial charge in [-0.15, -0.1) is 15.0 Å². The minimum Gasteiger partial charge on any atom is -0.462 e. The van der Waals surface area contributed by atoms with Crippen LogP contribution in [0.15, 0.2) is 0 Å². The summed E-state index contributed by atoms with van der Waals surface area (Å²) in [5, 5.41) is 0. The van der Waals surface area contributed by atoms with Crippen molar-refractivity contribution < 1.29 is 14.2 Å². The van der Waals surface area contributed by atoms with Crippen LogP contribution in [-0.4, -0.2) is 52.0 Å². The van der Waals surface area contributed by atoms with Crippen molar-refractivity contribution in [2.75, 3.05) is 37.1 Å². The summed E-state index contributed by atoms with van der Waals surface area (Å²) >= 11 is 12.1. The second-order valence-electron chi connectivity index (χ2n) is 2.90. The largest absolute Gasteiger partial charge is 0.462 e. The molecule has 0 amide bonds. The lowest BCUT2D eigenvalue weighted by Gasteiger charge is -2.08. The van der Waals surface area contributed by atoms with Crippen molar-refractivity contribution in [3.05, 3.63) is 0 Å². The van der Waals surface area contributed by atoms with E-state index >= 15 is 0 Å². The molecule has 0 saturated heterocycles. The van der Waals surface area contributed by atoms with E-state index < -0.39 is 0 Å². The van der Waals surface area contributed by atoms with Gasteiger partial charge in [-0.1, -0.05) is 0 Å². The fourth-order valence-electron chi connectivity index (χ4n) is 0.925. The summed E-state index contributed by atoms with van der Waals surface area (Å²) < 4.78 is 15.8. The number of hydrogen-bond acceptors (Lipinski definition) is 9. The topological polar surface area (TPSA) is 66.4 Å². The summed E-state index contributed by atoms with van der Waals surface area (Å²) in [4.78, 5) is 11.9. The van der Waals surface area contributed by atoms with Crippen LogP contribution < -0.4 is 14.2 Å². The highest BCUT2D eigenvalue weighted by atomic mass is 32.1. The Labute approximate surface area is 122 Å². The van der Waals surface area contributed by atoms with Gasteiger partial charge in [-0.3, -0.25) is 0 Å². The first kappa shape index (κ1) is 15.5. The maximum atomic E-state index is 5.26. The molecule has 0 fully saturated rings. The predicted octanol–water partition coefficient (Wildman–Crippen LogP) is 0.797. The molecule has 18 heavy (non-hydrogen) atoms. The molecule has 0 spiro atoms. The fourth-order valence-corrected chi connectivity index (χ4v) is 1.20. The van der Waals surface area contributed by atoms with Gasteiger partial charge in [0, 0.05) is 17.3 Å². The van der Waals surface area contributed by atoms with Gasteiger partial charge in [-0.25, -0.2) is 0 Å². The highest BCUT2D eigenvalue weighted by Gasteiger charge is 2.09. The van der Waals surface area contributed by atoms with Crippen LogP contribution in [0.4, 0.5) is 0 Å². The van der Waals surface area contributed by atoms with E-state index in [0.29, 0.717) is 37.1 Å². The molecular formula is C9H15N3O3S3. The first-order valence-electron chi connectivity index (χ1n) is 5.27. The summed E-state index contributed by atoms with van der Waals surface area (Å²) in [5.74, 6) is 1.68. The minimum absolute atomic E-state index is 0.155. The number of ether oxygens (including phenoxy) is 3. The summed E-state index contributed by atoms with van der Waals surface area (Å²) in [6.07, 6.45) is 0. The van der Waals surface area contributed by atoms with Crippen molar-refractivity contribution in [2.24, 2.45) is 0 Å². The molecule has 0 aliphatic heterocycles. The van der Waals surface area contributed by atoms with Crippen molar-refractivity contribution in [1.29, 1.82) is 0 Å². The van der Waals surface area contributed by atoms with E-state index in [0.717, 1.165) is 0 Å². The molecule has 0 atom stereocenters. The van der Waals surface area contributed by atoms with Gasteiger partial charge >= 0.3 is 18.0 Å². The lowest BCUT2D eigenvalue weighted by molar-refractivity contribution is 0.254. The van der Waals surface area contributed by atoms with Crippen molar-refractivity contribution >= 4 is 37.9 Å². The molecule has 0 aliphatic carbocycles. The van der Waals surface area contributed by atoms with Crippen LogP contribution in [0.1, 0.15) is 0 Å². The zero-order valence-electron chi connectivity index (χ0n) is 9.65. The van der Waals surface area contributed by atoms with E-state index in [9.17, 15) is 0 Å². The number of nitrogens with zero attached hydrogens (tertiary/aromatic N) is 3. The Bertz CT molecular complexity index is 292. The molecule has 0 saturated carbocycles. The average molecular weight is 309 g/mol. The van der Waals surface area contributed by atoms with Crippen LogP contribution in [0.3, 0.4) is 0 Å². The minimum atomic E-state index is 0.155. The smallest absolute Gasteiger partial charge is 0.325 e. The molecule has 1 aromatic heterocycles. The predicted molar refractivity (Wildman–Crippen MR) is 77.9 cm³/mol. The number of aromatic nitrogens is 3. The van der Waals surface area contributed by atoms with Crippen molar-refractivity contribution in [3.8, 4) is 18.0 Å². The quantitative estimate of drug-likeness (QED) is 0.586. The highest BCUT2D eigenvalue weighted by Crippen LogP contribution is 2.14. The third kappa shape index (κ3) is 5.87. The average Bonchev–Trinajstić information content (AvgIpc) is 2.40. The Balaban J connectivity index is 2.74. The molecule has 0 aliphatic rings. The van der Waals surface area contributed by atoms with Gasteiger partial charge in [0.15, 0.2) is 0 Å². The van der Waals surface area contributed by atoms with Crippen molar-refractivity contribution in [2.45, 2.75) is 0 Å². The highest BCUT2D eigenvalue weighted by molar-refractivity contribution is 7.80. The number of thiol groups is 3. The molecule has 0 N–H and O–H groups in total. The third-order valence-electron chi connectivity index (χ3n) is 1.54. The van der Waals surface area contributed by atoms with E-state index in [2.05, 4.69) is 52.8 Å². The second kappa shape index (κ2) is 9.40. The van der Waals surface area contributed by atoms with Gasteiger partial charge in [0.25, 0.3) is 0 Å². The van der Waals surface area contributed by atoms with E-state index in [1.54, 1.807) is 0 Å². The Morgan fingerprint density at radius 3 is 1.11 bits per heavy atom. The summed E-state index contributed by atoms with van der Waals surface area (Å²) in [6.45, 7) is 1.18. The first-order chi connectivity index (χ1) is 8.80. The monoisotopic (exact) mass is 309 g/mol. The standard InChI is InChI=1S/C9H15N3O3S3/c16-4-1-13-7-10-8(14-2-5-17)12-9(11-7)15-3-6-18/h16-18H,1-6H2. The first-order valence-corrected chi connectivity index (χ1v) is 7.17. The zero-order valence-corrected chi connectivity index (χ0v) is 12.3. The van der Waals surface area contributed by atoms with Gasteiger partial charge in [-0.05, 0) is 0 Å². The van der Waals surface area contributed by atoms with E-state index in [1.165, 1.54) is 0 Å². The molecule has 0 unspecified atom stereocenters. The third-order valence-corrected chi connectivity index (χ3v) is 2.09. The Morgan fingerprint density at radius 1 is 0.611 bits per heavy atom. The van der Waals surface area contributed by atoms with Gasteiger partial charge in [0.05, 0.1) is 0 Å². The van der Waals surface area contributed by atoms with Gasteiger partial charge in [-0.2, -0.15) is 37.9 Å². The van der Waals surface area contributed by atoms with Crippen LogP contribution >= 0.6 is 37.9 Å². The fraction of sp³-hybridized carbons (Fsp3) is 0.667.